The number of esters is 1. The average molecular weight is 491 g/mol. The number of hydrogen-bond acceptors (Lipinski definition) is 5. The van der Waals surface area contributed by atoms with E-state index in [0.717, 1.165) is 12.0 Å². The van der Waals surface area contributed by atoms with Crippen LogP contribution in [0.15, 0.2) is 84.9 Å². The highest BCUT2D eigenvalue weighted by Crippen LogP contribution is 2.14. The standard InChI is InChI=1S/C28H30N2O4S/c1-2-33-26(31)17-19-30(21-23-11-7-4-8-12-23)28(35)29-27(32)24-13-15-25(16-14-24)34-20-18-22-9-5-3-6-10-22/h3-16H,2,17-21H2,1H3,(H,29,32,35). The van der Waals surface area contributed by atoms with E-state index in [1.165, 1.54) is 5.56 Å². The Kier molecular flexibility index (Phi) is 10.3. The molecule has 0 aliphatic heterocycles. The number of benzene rings is 3. The Hall–Kier alpha value is -3.71. The zero-order chi connectivity index (χ0) is 24.9. The SMILES string of the molecule is CCOC(=O)CCN(Cc1ccccc1)C(=S)NC(=O)c1ccc(OCCc2ccccc2)cc1. The van der Waals surface area contributed by atoms with Crippen LogP contribution in [-0.2, 0) is 22.5 Å². The Morgan fingerprint density at radius 1 is 0.886 bits per heavy atom. The van der Waals surface area contributed by atoms with Gasteiger partial charge in [-0.15, -0.1) is 0 Å². The van der Waals surface area contributed by atoms with Crippen molar-refractivity contribution in [2.45, 2.75) is 26.3 Å². The van der Waals surface area contributed by atoms with Crippen molar-refractivity contribution in [1.82, 2.24) is 10.2 Å². The zero-order valence-corrected chi connectivity index (χ0v) is 20.6. The molecule has 0 fully saturated rings. The van der Waals surface area contributed by atoms with E-state index in [9.17, 15) is 9.59 Å². The molecule has 35 heavy (non-hydrogen) atoms. The molecule has 0 unspecified atom stereocenters. The van der Waals surface area contributed by atoms with Gasteiger partial charge in [-0.3, -0.25) is 14.9 Å². The lowest BCUT2D eigenvalue weighted by Crippen LogP contribution is -2.43. The number of nitrogens with one attached hydrogen (secondary N) is 1. The lowest BCUT2D eigenvalue weighted by atomic mass is 10.2. The van der Waals surface area contributed by atoms with Gasteiger partial charge in [-0.1, -0.05) is 60.7 Å². The molecule has 0 saturated heterocycles. The maximum atomic E-state index is 12.8. The predicted molar refractivity (Wildman–Crippen MR) is 140 cm³/mol. The Balaban J connectivity index is 1.55. The number of carbonyl (C=O) groups excluding carboxylic acids is 2. The van der Waals surface area contributed by atoms with Gasteiger partial charge in [0.1, 0.15) is 5.75 Å². The molecule has 3 rings (SSSR count). The third kappa shape index (κ3) is 8.87. The number of carbonyl (C=O) groups is 2. The highest BCUT2D eigenvalue weighted by Gasteiger charge is 2.16. The van der Waals surface area contributed by atoms with Gasteiger partial charge in [0.15, 0.2) is 5.11 Å². The van der Waals surface area contributed by atoms with E-state index in [0.29, 0.717) is 37.6 Å². The second kappa shape index (κ2) is 13.9. The first-order chi connectivity index (χ1) is 17.0. The van der Waals surface area contributed by atoms with Crippen molar-refractivity contribution in [2.24, 2.45) is 0 Å². The molecule has 0 saturated carbocycles. The van der Waals surface area contributed by atoms with Gasteiger partial charge in [0.25, 0.3) is 5.91 Å². The van der Waals surface area contributed by atoms with E-state index < -0.39 is 0 Å². The molecular formula is C28H30N2O4S. The van der Waals surface area contributed by atoms with Gasteiger partial charge in [0.05, 0.1) is 19.6 Å². The predicted octanol–water partition coefficient (Wildman–Crippen LogP) is 4.78. The lowest BCUT2D eigenvalue weighted by molar-refractivity contribution is -0.143. The van der Waals surface area contributed by atoms with Crippen molar-refractivity contribution >= 4 is 29.2 Å². The van der Waals surface area contributed by atoms with Gasteiger partial charge in [0, 0.05) is 25.1 Å². The van der Waals surface area contributed by atoms with Crippen LogP contribution in [0.2, 0.25) is 0 Å². The van der Waals surface area contributed by atoms with E-state index in [1.807, 2.05) is 48.5 Å². The van der Waals surface area contributed by atoms with Crippen molar-refractivity contribution in [1.29, 1.82) is 0 Å². The van der Waals surface area contributed by atoms with Gasteiger partial charge in [-0.05, 0) is 54.5 Å². The van der Waals surface area contributed by atoms with Crippen molar-refractivity contribution in [2.75, 3.05) is 19.8 Å². The summed E-state index contributed by atoms with van der Waals surface area (Å²) in [7, 11) is 0. The molecule has 0 atom stereocenters. The zero-order valence-electron chi connectivity index (χ0n) is 19.8. The summed E-state index contributed by atoms with van der Waals surface area (Å²) in [5.74, 6) is 0.0720. The molecule has 3 aromatic rings. The smallest absolute Gasteiger partial charge is 0.307 e. The monoisotopic (exact) mass is 490 g/mol. The largest absolute Gasteiger partial charge is 0.493 e. The van der Waals surface area contributed by atoms with E-state index in [-0.39, 0.29) is 23.4 Å². The Morgan fingerprint density at radius 3 is 2.14 bits per heavy atom. The minimum atomic E-state index is -0.319. The average Bonchev–Trinajstić information content (AvgIpc) is 2.88. The van der Waals surface area contributed by atoms with Gasteiger partial charge in [0.2, 0.25) is 0 Å². The number of thiocarbonyl (C=S) groups is 1. The fraction of sp³-hybridized carbons (Fsp3) is 0.250. The van der Waals surface area contributed by atoms with Crippen LogP contribution in [0.4, 0.5) is 0 Å². The van der Waals surface area contributed by atoms with Crippen LogP contribution in [0.3, 0.4) is 0 Å². The second-order valence-electron chi connectivity index (χ2n) is 7.83. The molecule has 7 heteroatoms. The van der Waals surface area contributed by atoms with E-state index in [1.54, 1.807) is 36.1 Å². The van der Waals surface area contributed by atoms with E-state index >= 15 is 0 Å². The summed E-state index contributed by atoms with van der Waals surface area (Å²) in [6.45, 7) is 3.44. The summed E-state index contributed by atoms with van der Waals surface area (Å²) >= 11 is 5.51. The Bertz CT molecular complexity index is 1090. The summed E-state index contributed by atoms with van der Waals surface area (Å²) in [4.78, 5) is 26.5. The van der Waals surface area contributed by atoms with Crippen LogP contribution < -0.4 is 10.1 Å². The molecule has 1 N–H and O–H groups in total. The number of hydrogen-bond donors (Lipinski definition) is 1. The maximum absolute atomic E-state index is 12.8. The Morgan fingerprint density at radius 2 is 1.51 bits per heavy atom. The molecule has 0 spiro atoms. The molecule has 0 aliphatic rings. The quantitative estimate of drug-likeness (QED) is 0.308. The summed E-state index contributed by atoms with van der Waals surface area (Å²) in [6.07, 6.45) is 0.978. The van der Waals surface area contributed by atoms with Crippen LogP contribution in [-0.4, -0.2) is 41.6 Å². The van der Waals surface area contributed by atoms with Gasteiger partial charge in [-0.25, -0.2) is 0 Å². The molecule has 1 amide bonds. The van der Waals surface area contributed by atoms with Gasteiger partial charge in [-0.2, -0.15) is 0 Å². The van der Waals surface area contributed by atoms with Crippen LogP contribution in [0.5, 0.6) is 5.75 Å². The summed E-state index contributed by atoms with van der Waals surface area (Å²) in [5.41, 5.74) is 2.69. The minimum Gasteiger partial charge on any atom is -0.493 e. The molecule has 0 aliphatic carbocycles. The molecule has 6 nitrogen and oxygen atoms in total. The van der Waals surface area contributed by atoms with Crippen LogP contribution in [0, 0.1) is 0 Å². The van der Waals surface area contributed by atoms with E-state index in [2.05, 4.69) is 17.4 Å². The summed E-state index contributed by atoms with van der Waals surface area (Å²) in [6, 6.07) is 26.8. The maximum Gasteiger partial charge on any atom is 0.307 e. The third-order valence-corrected chi connectivity index (χ3v) is 5.59. The normalized spacial score (nSPS) is 10.3. The molecule has 0 heterocycles. The van der Waals surface area contributed by atoms with Crippen LogP contribution in [0.1, 0.15) is 34.8 Å². The first-order valence-electron chi connectivity index (χ1n) is 11.6. The summed E-state index contributed by atoms with van der Waals surface area (Å²) < 4.78 is 10.8. The van der Waals surface area contributed by atoms with Crippen molar-refractivity contribution in [3.05, 3.63) is 102 Å². The van der Waals surface area contributed by atoms with Crippen molar-refractivity contribution < 1.29 is 19.1 Å². The van der Waals surface area contributed by atoms with Crippen LogP contribution in [0.25, 0.3) is 0 Å². The lowest BCUT2D eigenvalue weighted by Gasteiger charge is -2.25. The third-order valence-electron chi connectivity index (χ3n) is 5.23. The number of nitrogens with zero attached hydrogens (tertiary/aromatic N) is 1. The fourth-order valence-electron chi connectivity index (χ4n) is 3.40. The van der Waals surface area contributed by atoms with Crippen LogP contribution >= 0.6 is 12.2 Å². The molecule has 0 bridgehead atoms. The van der Waals surface area contributed by atoms with Crippen molar-refractivity contribution in [3.63, 3.8) is 0 Å². The highest BCUT2D eigenvalue weighted by molar-refractivity contribution is 7.80. The molecule has 182 valence electrons. The first-order valence-corrected chi connectivity index (χ1v) is 12.0. The van der Waals surface area contributed by atoms with Crippen molar-refractivity contribution in [3.8, 4) is 5.75 Å². The summed E-state index contributed by atoms with van der Waals surface area (Å²) in [5, 5.41) is 3.04. The highest BCUT2D eigenvalue weighted by atomic mass is 32.1. The fourth-order valence-corrected chi connectivity index (χ4v) is 3.65. The second-order valence-corrected chi connectivity index (χ2v) is 8.22. The number of amides is 1. The topological polar surface area (TPSA) is 67.9 Å². The molecule has 0 aromatic heterocycles. The number of rotatable bonds is 11. The van der Waals surface area contributed by atoms with Gasteiger partial charge >= 0.3 is 5.97 Å². The first kappa shape index (κ1) is 25.9. The number of ether oxygens (including phenoxy) is 2. The molecule has 3 aromatic carbocycles. The Labute approximate surface area is 211 Å². The van der Waals surface area contributed by atoms with Gasteiger partial charge < -0.3 is 14.4 Å². The molecular weight excluding hydrogens is 460 g/mol. The minimum absolute atomic E-state index is 0.172. The molecule has 0 radical (unpaired) electrons. The van der Waals surface area contributed by atoms with E-state index in [4.69, 9.17) is 21.7 Å².